The Morgan fingerprint density at radius 1 is 1.30 bits per heavy atom. The number of amides is 3. The Bertz CT molecular complexity index is 487. The molecule has 5 nitrogen and oxygen atoms in total. The molecule has 0 radical (unpaired) electrons. The molecule has 0 unspecified atom stereocenters. The molecule has 1 aromatic carbocycles. The standard InChI is InChI=1S/C14H17ClN2O3/c15-10-4-3-7-12(8-10)20-9-13(18)17-14(19)16-11-5-1-2-6-11/h3-4,7-8,11H,1-2,5-6,9H2,(H2,16,17,18,19). The molecule has 3 amide bonds. The molecule has 108 valence electrons. The Kier molecular flexibility index (Phi) is 5.24. The summed E-state index contributed by atoms with van der Waals surface area (Å²) in [6.07, 6.45) is 4.19. The Morgan fingerprint density at radius 2 is 2.05 bits per heavy atom. The van der Waals surface area contributed by atoms with Crippen molar-refractivity contribution in [1.82, 2.24) is 10.6 Å². The van der Waals surface area contributed by atoms with E-state index in [1.807, 2.05) is 0 Å². The summed E-state index contributed by atoms with van der Waals surface area (Å²) >= 11 is 5.79. The Labute approximate surface area is 122 Å². The van der Waals surface area contributed by atoms with Crippen molar-refractivity contribution in [3.8, 4) is 5.75 Å². The van der Waals surface area contributed by atoms with Gasteiger partial charge in [-0.05, 0) is 31.0 Å². The van der Waals surface area contributed by atoms with Crippen molar-refractivity contribution in [2.75, 3.05) is 6.61 Å². The highest BCUT2D eigenvalue weighted by Gasteiger charge is 2.18. The summed E-state index contributed by atoms with van der Waals surface area (Å²) in [6.45, 7) is -0.224. The minimum absolute atomic E-state index is 0.177. The van der Waals surface area contributed by atoms with Crippen LogP contribution in [0.2, 0.25) is 5.02 Å². The lowest BCUT2D eigenvalue weighted by molar-refractivity contribution is -0.122. The number of imide groups is 1. The summed E-state index contributed by atoms with van der Waals surface area (Å²) in [5, 5.41) is 5.54. The predicted molar refractivity (Wildman–Crippen MR) is 75.9 cm³/mol. The number of carbonyl (C=O) groups excluding carboxylic acids is 2. The molecule has 1 aliphatic carbocycles. The topological polar surface area (TPSA) is 67.4 Å². The number of nitrogens with one attached hydrogen (secondary N) is 2. The SMILES string of the molecule is O=C(COc1cccc(Cl)c1)NC(=O)NC1CCCC1. The lowest BCUT2D eigenvalue weighted by Crippen LogP contribution is -2.45. The van der Waals surface area contributed by atoms with Crippen LogP contribution in [-0.4, -0.2) is 24.6 Å². The second-order valence-corrected chi connectivity index (χ2v) is 5.19. The van der Waals surface area contributed by atoms with E-state index in [-0.39, 0.29) is 12.6 Å². The van der Waals surface area contributed by atoms with Crippen molar-refractivity contribution in [3.63, 3.8) is 0 Å². The van der Waals surface area contributed by atoms with Crippen LogP contribution in [0.25, 0.3) is 0 Å². The molecule has 0 spiro atoms. The van der Waals surface area contributed by atoms with Gasteiger partial charge in [0.05, 0.1) is 0 Å². The van der Waals surface area contributed by atoms with Crippen molar-refractivity contribution in [2.45, 2.75) is 31.7 Å². The molecule has 1 aromatic rings. The van der Waals surface area contributed by atoms with E-state index in [9.17, 15) is 9.59 Å². The monoisotopic (exact) mass is 296 g/mol. The molecule has 6 heteroatoms. The fraction of sp³-hybridized carbons (Fsp3) is 0.429. The average molecular weight is 297 g/mol. The number of rotatable bonds is 4. The van der Waals surface area contributed by atoms with Gasteiger partial charge in [-0.3, -0.25) is 10.1 Å². The molecule has 0 bridgehead atoms. The Hall–Kier alpha value is -1.75. The van der Waals surface area contributed by atoms with Gasteiger partial charge in [-0.25, -0.2) is 4.79 Å². The maximum Gasteiger partial charge on any atom is 0.321 e. The number of ether oxygens (including phenoxy) is 1. The van der Waals surface area contributed by atoms with Gasteiger partial charge < -0.3 is 10.1 Å². The van der Waals surface area contributed by atoms with Crippen LogP contribution in [0.15, 0.2) is 24.3 Å². The van der Waals surface area contributed by atoms with Gasteiger partial charge in [-0.2, -0.15) is 0 Å². The van der Waals surface area contributed by atoms with E-state index in [0.29, 0.717) is 10.8 Å². The van der Waals surface area contributed by atoms with Gasteiger partial charge in [0.2, 0.25) is 0 Å². The Balaban J connectivity index is 1.70. The summed E-state index contributed by atoms with van der Waals surface area (Å²) in [7, 11) is 0. The average Bonchev–Trinajstić information content (AvgIpc) is 2.89. The van der Waals surface area contributed by atoms with E-state index in [4.69, 9.17) is 16.3 Å². The van der Waals surface area contributed by atoms with Crippen molar-refractivity contribution in [1.29, 1.82) is 0 Å². The van der Waals surface area contributed by atoms with Gasteiger partial charge >= 0.3 is 6.03 Å². The molecular weight excluding hydrogens is 280 g/mol. The first kappa shape index (κ1) is 14.7. The zero-order valence-electron chi connectivity index (χ0n) is 11.0. The smallest absolute Gasteiger partial charge is 0.321 e. The summed E-state index contributed by atoms with van der Waals surface area (Å²) < 4.78 is 5.24. The van der Waals surface area contributed by atoms with E-state index < -0.39 is 11.9 Å². The second-order valence-electron chi connectivity index (χ2n) is 4.75. The molecule has 1 fully saturated rings. The van der Waals surface area contributed by atoms with Crippen LogP contribution in [0.4, 0.5) is 4.79 Å². The number of hydrogen-bond acceptors (Lipinski definition) is 3. The van der Waals surface area contributed by atoms with E-state index in [1.165, 1.54) is 0 Å². The number of urea groups is 1. The van der Waals surface area contributed by atoms with E-state index >= 15 is 0 Å². The lowest BCUT2D eigenvalue weighted by atomic mass is 10.2. The van der Waals surface area contributed by atoms with E-state index in [1.54, 1.807) is 24.3 Å². The first-order valence-electron chi connectivity index (χ1n) is 6.62. The van der Waals surface area contributed by atoms with E-state index in [2.05, 4.69) is 10.6 Å². The van der Waals surface area contributed by atoms with Crippen LogP contribution in [0.3, 0.4) is 0 Å². The molecule has 20 heavy (non-hydrogen) atoms. The number of benzene rings is 1. The highest BCUT2D eigenvalue weighted by atomic mass is 35.5. The van der Waals surface area contributed by atoms with Crippen molar-refractivity contribution in [3.05, 3.63) is 29.3 Å². The van der Waals surface area contributed by atoms with Gasteiger partial charge in [-0.1, -0.05) is 30.5 Å². The van der Waals surface area contributed by atoms with Crippen LogP contribution >= 0.6 is 11.6 Å². The molecule has 0 aromatic heterocycles. The van der Waals surface area contributed by atoms with Gasteiger partial charge in [0.1, 0.15) is 5.75 Å². The number of carbonyl (C=O) groups is 2. The predicted octanol–water partition coefficient (Wildman–Crippen LogP) is 2.49. The summed E-state index contributed by atoms with van der Waals surface area (Å²) in [4.78, 5) is 23.1. The Morgan fingerprint density at radius 3 is 2.75 bits per heavy atom. The fourth-order valence-corrected chi connectivity index (χ4v) is 2.34. The third-order valence-corrected chi connectivity index (χ3v) is 3.34. The summed E-state index contributed by atoms with van der Waals surface area (Å²) in [5.41, 5.74) is 0. The third kappa shape index (κ3) is 4.74. The van der Waals surface area contributed by atoms with Crippen molar-refractivity contribution >= 4 is 23.5 Å². The minimum atomic E-state index is -0.486. The van der Waals surface area contributed by atoms with Crippen LogP contribution in [-0.2, 0) is 4.79 Å². The molecule has 0 saturated heterocycles. The third-order valence-electron chi connectivity index (χ3n) is 3.11. The number of hydrogen-bond donors (Lipinski definition) is 2. The number of halogens is 1. The highest BCUT2D eigenvalue weighted by molar-refractivity contribution is 6.30. The summed E-state index contributed by atoms with van der Waals surface area (Å²) in [6, 6.07) is 6.45. The second kappa shape index (κ2) is 7.14. The van der Waals surface area contributed by atoms with Gasteiger partial charge in [0, 0.05) is 11.1 Å². The molecule has 2 rings (SSSR count). The maximum absolute atomic E-state index is 11.6. The molecule has 0 aliphatic heterocycles. The first-order chi connectivity index (χ1) is 9.63. The largest absolute Gasteiger partial charge is 0.484 e. The van der Waals surface area contributed by atoms with Crippen molar-refractivity contribution in [2.24, 2.45) is 0 Å². The van der Waals surface area contributed by atoms with E-state index in [0.717, 1.165) is 25.7 Å². The lowest BCUT2D eigenvalue weighted by Gasteiger charge is -2.12. The molecule has 0 heterocycles. The first-order valence-corrected chi connectivity index (χ1v) is 7.00. The van der Waals surface area contributed by atoms with Crippen LogP contribution < -0.4 is 15.4 Å². The molecular formula is C14H17ClN2O3. The van der Waals surface area contributed by atoms with Gasteiger partial charge in [0.25, 0.3) is 5.91 Å². The molecule has 1 saturated carbocycles. The van der Waals surface area contributed by atoms with Crippen molar-refractivity contribution < 1.29 is 14.3 Å². The molecule has 2 N–H and O–H groups in total. The van der Waals surface area contributed by atoms with Gasteiger partial charge in [0.15, 0.2) is 6.61 Å². The quantitative estimate of drug-likeness (QED) is 0.897. The molecule has 0 atom stereocenters. The van der Waals surface area contributed by atoms with Crippen LogP contribution in [0.1, 0.15) is 25.7 Å². The van der Waals surface area contributed by atoms with Crippen LogP contribution in [0.5, 0.6) is 5.75 Å². The zero-order valence-corrected chi connectivity index (χ0v) is 11.8. The maximum atomic E-state index is 11.6. The normalized spacial score (nSPS) is 14.8. The highest BCUT2D eigenvalue weighted by Crippen LogP contribution is 2.17. The minimum Gasteiger partial charge on any atom is -0.484 e. The zero-order chi connectivity index (χ0) is 14.4. The fourth-order valence-electron chi connectivity index (χ4n) is 2.16. The van der Waals surface area contributed by atoms with Gasteiger partial charge in [-0.15, -0.1) is 0 Å². The summed E-state index contributed by atoms with van der Waals surface area (Å²) in [5.74, 6) is 0.00400. The van der Waals surface area contributed by atoms with Crippen LogP contribution in [0, 0.1) is 0 Å². The molecule has 1 aliphatic rings.